The molecule has 0 radical (unpaired) electrons. The van der Waals surface area contributed by atoms with Crippen molar-refractivity contribution in [3.8, 4) is 5.75 Å². The largest absolute Gasteiger partial charge is 0.573 e. The van der Waals surface area contributed by atoms with Crippen molar-refractivity contribution < 1.29 is 36.6 Å². The maximum atomic E-state index is 14.5. The molecular weight excluding hydrogens is 468 g/mol. The van der Waals surface area contributed by atoms with Gasteiger partial charge in [0.15, 0.2) is 0 Å². The molecule has 1 aromatic heterocycles. The number of alkyl halides is 3. The molecule has 1 aliphatic rings. The number of methoxy groups -OCH3 is 1. The van der Waals surface area contributed by atoms with Gasteiger partial charge in [0.05, 0.1) is 24.1 Å². The van der Waals surface area contributed by atoms with Crippen LogP contribution in [0.1, 0.15) is 41.6 Å². The number of amides is 1. The third kappa shape index (κ3) is 5.75. The van der Waals surface area contributed by atoms with Crippen molar-refractivity contribution in [3.05, 3.63) is 65.6 Å². The van der Waals surface area contributed by atoms with Crippen LogP contribution in [0, 0.1) is 11.7 Å². The maximum Gasteiger partial charge on any atom is 0.573 e. The van der Waals surface area contributed by atoms with Gasteiger partial charge in [0.2, 0.25) is 0 Å². The van der Waals surface area contributed by atoms with Crippen molar-refractivity contribution in [1.82, 2.24) is 9.88 Å². The van der Waals surface area contributed by atoms with Gasteiger partial charge in [-0.3, -0.25) is 9.59 Å². The Morgan fingerprint density at radius 1 is 1.03 bits per heavy atom. The number of hydrogen-bond acceptors (Lipinski definition) is 4. The Morgan fingerprint density at radius 2 is 1.71 bits per heavy atom. The van der Waals surface area contributed by atoms with E-state index in [1.54, 1.807) is 16.8 Å². The number of aromatic nitrogens is 1. The van der Waals surface area contributed by atoms with E-state index < -0.39 is 12.2 Å². The maximum absolute atomic E-state index is 14.5. The van der Waals surface area contributed by atoms with Gasteiger partial charge in [-0.2, -0.15) is 0 Å². The fraction of sp³-hybridized carbons (Fsp3) is 0.360. The number of ether oxygens (including phenoxy) is 2. The lowest BCUT2D eigenvalue weighted by Gasteiger charge is -2.27. The molecule has 1 amide bonds. The molecule has 186 valence electrons. The summed E-state index contributed by atoms with van der Waals surface area (Å²) in [7, 11) is 1.36. The monoisotopic (exact) mass is 492 g/mol. The molecule has 0 atom stereocenters. The van der Waals surface area contributed by atoms with Crippen molar-refractivity contribution in [3.63, 3.8) is 0 Å². The average molecular weight is 492 g/mol. The van der Waals surface area contributed by atoms with Crippen LogP contribution >= 0.6 is 0 Å². The molecule has 0 spiro atoms. The van der Waals surface area contributed by atoms with Gasteiger partial charge in [-0.15, -0.1) is 13.2 Å². The Bertz CT molecular complexity index is 1210. The number of halogens is 4. The van der Waals surface area contributed by atoms with Gasteiger partial charge < -0.3 is 19.4 Å². The first-order valence-electron chi connectivity index (χ1n) is 11.2. The Morgan fingerprint density at radius 3 is 2.34 bits per heavy atom. The van der Waals surface area contributed by atoms with Crippen LogP contribution in [-0.4, -0.2) is 36.0 Å². The second-order valence-corrected chi connectivity index (χ2v) is 8.54. The molecule has 0 saturated heterocycles. The van der Waals surface area contributed by atoms with Crippen LogP contribution in [0.4, 0.5) is 17.6 Å². The summed E-state index contributed by atoms with van der Waals surface area (Å²) in [5.74, 6) is -1.60. The van der Waals surface area contributed by atoms with E-state index in [9.17, 15) is 27.2 Å². The third-order valence-electron chi connectivity index (χ3n) is 6.22. The van der Waals surface area contributed by atoms with E-state index >= 15 is 0 Å². The zero-order valence-corrected chi connectivity index (χ0v) is 18.9. The van der Waals surface area contributed by atoms with Crippen molar-refractivity contribution in [1.29, 1.82) is 0 Å². The minimum absolute atomic E-state index is 0.118. The van der Waals surface area contributed by atoms with Gasteiger partial charge in [0, 0.05) is 24.2 Å². The Kier molecular flexibility index (Phi) is 7.00. The molecule has 35 heavy (non-hydrogen) atoms. The Balaban J connectivity index is 1.52. The highest BCUT2D eigenvalue weighted by Gasteiger charge is 2.31. The van der Waals surface area contributed by atoms with Crippen LogP contribution in [0.25, 0.3) is 10.9 Å². The molecule has 0 aliphatic heterocycles. The van der Waals surface area contributed by atoms with E-state index in [1.165, 1.54) is 43.5 Å². The minimum Gasteiger partial charge on any atom is -0.469 e. The fourth-order valence-electron chi connectivity index (χ4n) is 4.50. The summed E-state index contributed by atoms with van der Waals surface area (Å²) in [6.45, 7) is 0.212. The van der Waals surface area contributed by atoms with Gasteiger partial charge in [-0.25, -0.2) is 4.39 Å². The first-order valence-corrected chi connectivity index (χ1v) is 11.2. The molecule has 1 N–H and O–H groups in total. The van der Waals surface area contributed by atoms with Crippen molar-refractivity contribution in [2.75, 3.05) is 7.11 Å². The van der Waals surface area contributed by atoms with Crippen LogP contribution in [0.2, 0.25) is 0 Å². The predicted molar refractivity (Wildman–Crippen MR) is 119 cm³/mol. The SMILES string of the molecule is COC(=O)C1CCC(NC(=O)c2ccc(F)c3ccn(Cc4ccc(OC(F)(F)F)cc4)c23)CC1. The first kappa shape index (κ1) is 24.6. The zero-order chi connectivity index (χ0) is 25.2. The van der Waals surface area contributed by atoms with Crippen LogP contribution in [0.15, 0.2) is 48.7 Å². The summed E-state index contributed by atoms with van der Waals surface area (Å²) in [5.41, 5.74) is 1.33. The minimum atomic E-state index is -4.78. The molecule has 1 fully saturated rings. The van der Waals surface area contributed by atoms with E-state index in [4.69, 9.17) is 4.74 Å². The van der Waals surface area contributed by atoms with Crippen LogP contribution in [0.5, 0.6) is 5.75 Å². The third-order valence-corrected chi connectivity index (χ3v) is 6.22. The molecule has 1 heterocycles. The molecule has 1 aliphatic carbocycles. The number of rotatable bonds is 6. The van der Waals surface area contributed by atoms with E-state index in [0.29, 0.717) is 42.3 Å². The predicted octanol–water partition coefficient (Wildman–Crippen LogP) is 5.19. The van der Waals surface area contributed by atoms with Crippen LogP contribution < -0.4 is 10.1 Å². The number of esters is 1. The standard InChI is InChI=1S/C25H24F4N2O4/c1-34-24(33)16-4-6-17(7-5-16)30-23(32)20-10-11-21(26)19-12-13-31(22(19)20)14-15-2-8-18(9-3-15)35-25(27,28)29/h2-3,8-13,16-17H,4-7,14H2,1H3,(H,30,32). The molecule has 3 aromatic rings. The summed E-state index contributed by atoms with van der Waals surface area (Å²) in [6, 6.07) is 9.46. The lowest BCUT2D eigenvalue weighted by molar-refractivity contribution is -0.274. The van der Waals surface area contributed by atoms with Crippen molar-refractivity contribution in [2.45, 2.75) is 44.6 Å². The van der Waals surface area contributed by atoms with Gasteiger partial charge >= 0.3 is 12.3 Å². The van der Waals surface area contributed by atoms with Crippen LogP contribution in [-0.2, 0) is 16.1 Å². The summed E-state index contributed by atoms with van der Waals surface area (Å²) in [4.78, 5) is 24.9. The van der Waals surface area contributed by atoms with E-state index in [1.807, 2.05) is 0 Å². The Hall–Kier alpha value is -3.56. The van der Waals surface area contributed by atoms with Gasteiger partial charge in [0.1, 0.15) is 11.6 Å². The van der Waals surface area contributed by atoms with Crippen LogP contribution in [0.3, 0.4) is 0 Å². The summed E-state index contributed by atoms with van der Waals surface area (Å²) in [6.07, 6.45) is -0.670. The number of carbonyl (C=O) groups is 2. The van der Waals surface area contributed by atoms with E-state index in [0.717, 1.165) is 0 Å². The quantitative estimate of drug-likeness (QED) is 0.380. The number of carbonyl (C=O) groups excluding carboxylic acids is 2. The van der Waals surface area contributed by atoms with Gasteiger partial charge in [-0.05, 0) is 61.6 Å². The topological polar surface area (TPSA) is 69.6 Å². The fourth-order valence-corrected chi connectivity index (χ4v) is 4.50. The van der Waals surface area contributed by atoms with Gasteiger partial charge in [0.25, 0.3) is 5.91 Å². The number of nitrogens with one attached hydrogen (secondary N) is 1. The highest BCUT2D eigenvalue weighted by Crippen LogP contribution is 2.28. The lowest BCUT2D eigenvalue weighted by Crippen LogP contribution is -2.39. The zero-order valence-electron chi connectivity index (χ0n) is 18.9. The molecule has 10 heteroatoms. The summed E-state index contributed by atoms with van der Waals surface area (Å²) in [5, 5.41) is 3.25. The normalized spacial score (nSPS) is 18.3. The summed E-state index contributed by atoms with van der Waals surface area (Å²) < 4.78 is 62.1. The molecule has 6 nitrogen and oxygen atoms in total. The number of fused-ring (bicyclic) bond motifs is 1. The van der Waals surface area contributed by atoms with Gasteiger partial charge in [-0.1, -0.05) is 12.1 Å². The second-order valence-electron chi connectivity index (χ2n) is 8.54. The molecular formula is C25H24F4N2O4. The highest BCUT2D eigenvalue weighted by molar-refractivity contribution is 6.06. The number of hydrogen-bond donors (Lipinski definition) is 1. The summed E-state index contributed by atoms with van der Waals surface area (Å²) >= 11 is 0. The average Bonchev–Trinajstić information content (AvgIpc) is 3.24. The molecule has 1 saturated carbocycles. The lowest BCUT2D eigenvalue weighted by atomic mass is 9.86. The van der Waals surface area contributed by atoms with Crippen molar-refractivity contribution in [2.24, 2.45) is 5.92 Å². The first-order chi connectivity index (χ1) is 16.6. The molecule has 0 bridgehead atoms. The molecule has 0 unspecified atom stereocenters. The number of nitrogens with zero attached hydrogens (tertiary/aromatic N) is 1. The molecule has 2 aromatic carbocycles. The molecule has 4 rings (SSSR count). The van der Waals surface area contributed by atoms with Crippen molar-refractivity contribution >= 4 is 22.8 Å². The second kappa shape index (κ2) is 9.97. The van der Waals surface area contributed by atoms with E-state index in [-0.39, 0.29) is 41.5 Å². The van der Waals surface area contributed by atoms with E-state index in [2.05, 4.69) is 10.1 Å². The Labute approximate surface area is 198 Å². The smallest absolute Gasteiger partial charge is 0.469 e. The number of benzene rings is 2. The highest BCUT2D eigenvalue weighted by atomic mass is 19.4.